The Labute approximate surface area is 130 Å². The number of para-hydroxylation sites is 1. The van der Waals surface area contributed by atoms with Gasteiger partial charge in [-0.1, -0.05) is 24.3 Å². The molecular weight excluding hydrogens is 280 g/mol. The number of hydrogen-bond donors (Lipinski definition) is 2. The Morgan fingerprint density at radius 2 is 1.68 bits per heavy atom. The number of methoxy groups -OCH3 is 2. The number of amides is 2. The highest BCUT2D eigenvalue weighted by Crippen LogP contribution is 2.29. The van der Waals surface area contributed by atoms with Crippen LogP contribution in [0, 0.1) is 0 Å². The second kappa shape index (κ2) is 7.36. The van der Waals surface area contributed by atoms with Crippen LogP contribution in [0.1, 0.15) is 18.5 Å². The minimum atomic E-state index is -0.256. The molecule has 0 aliphatic rings. The smallest absolute Gasteiger partial charge is 0.319 e. The van der Waals surface area contributed by atoms with Crippen molar-refractivity contribution in [2.24, 2.45) is 0 Å². The van der Waals surface area contributed by atoms with Crippen molar-refractivity contribution in [3.05, 3.63) is 54.1 Å². The van der Waals surface area contributed by atoms with Crippen LogP contribution in [0.15, 0.2) is 48.5 Å². The fourth-order valence-corrected chi connectivity index (χ4v) is 2.09. The summed E-state index contributed by atoms with van der Waals surface area (Å²) in [5.74, 6) is 1.30. The molecule has 5 nitrogen and oxygen atoms in total. The van der Waals surface area contributed by atoms with E-state index in [9.17, 15) is 4.79 Å². The molecule has 0 unspecified atom stereocenters. The zero-order valence-electron chi connectivity index (χ0n) is 12.9. The molecule has 22 heavy (non-hydrogen) atoms. The molecule has 116 valence electrons. The standard InChI is InChI=1S/C17H20N2O3/c1-12(13-9-10-15(21-2)16(11-13)22-3)18-17(20)19-14-7-5-4-6-8-14/h4-12H,1-3H3,(H2,18,19,20)/t12-/m1/s1. The van der Waals surface area contributed by atoms with Gasteiger partial charge in [-0.2, -0.15) is 0 Å². The molecule has 2 N–H and O–H groups in total. The average Bonchev–Trinajstić information content (AvgIpc) is 2.54. The number of nitrogens with one attached hydrogen (secondary N) is 2. The molecule has 0 spiro atoms. The second-order valence-electron chi connectivity index (χ2n) is 4.80. The molecule has 2 amide bonds. The molecule has 0 saturated heterocycles. The lowest BCUT2D eigenvalue weighted by atomic mass is 10.1. The maximum atomic E-state index is 12.0. The van der Waals surface area contributed by atoms with Crippen molar-refractivity contribution < 1.29 is 14.3 Å². The van der Waals surface area contributed by atoms with Crippen LogP contribution in [0.3, 0.4) is 0 Å². The number of carbonyl (C=O) groups excluding carboxylic acids is 1. The van der Waals surface area contributed by atoms with E-state index in [1.165, 1.54) is 0 Å². The largest absolute Gasteiger partial charge is 0.493 e. The molecule has 0 saturated carbocycles. The third kappa shape index (κ3) is 3.91. The van der Waals surface area contributed by atoms with E-state index >= 15 is 0 Å². The monoisotopic (exact) mass is 300 g/mol. The van der Waals surface area contributed by atoms with Crippen LogP contribution >= 0.6 is 0 Å². The summed E-state index contributed by atoms with van der Waals surface area (Å²) in [5.41, 5.74) is 1.68. The highest BCUT2D eigenvalue weighted by atomic mass is 16.5. The van der Waals surface area contributed by atoms with Crippen LogP contribution in [-0.2, 0) is 0 Å². The van der Waals surface area contributed by atoms with Gasteiger partial charge in [0.05, 0.1) is 20.3 Å². The molecule has 0 radical (unpaired) electrons. The summed E-state index contributed by atoms with van der Waals surface area (Å²) in [4.78, 5) is 12.0. The first kappa shape index (κ1) is 15.7. The van der Waals surface area contributed by atoms with Gasteiger partial charge < -0.3 is 20.1 Å². The highest BCUT2D eigenvalue weighted by Gasteiger charge is 2.12. The van der Waals surface area contributed by atoms with E-state index in [-0.39, 0.29) is 12.1 Å². The Bertz CT molecular complexity index is 629. The molecule has 0 aromatic heterocycles. The number of benzene rings is 2. The molecule has 0 fully saturated rings. The fraction of sp³-hybridized carbons (Fsp3) is 0.235. The Kier molecular flexibility index (Phi) is 5.25. The first-order valence-electron chi connectivity index (χ1n) is 6.98. The summed E-state index contributed by atoms with van der Waals surface area (Å²) in [6, 6.07) is 14.5. The molecule has 0 bridgehead atoms. The van der Waals surface area contributed by atoms with Gasteiger partial charge >= 0.3 is 6.03 Å². The van der Waals surface area contributed by atoms with Crippen LogP contribution in [0.25, 0.3) is 0 Å². The summed E-state index contributed by atoms with van der Waals surface area (Å²) in [5, 5.41) is 5.67. The first-order chi connectivity index (χ1) is 10.6. The minimum absolute atomic E-state index is 0.163. The van der Waals surface area contributed by atoms with Crippen molar-refractivity contribution in [2.45, 2.75) is 13.0 Å². The number of ether oxygens (including phenoxy) is 2. The number of hydrogen-bond acceptors (Lipinski definition) is 3. The van der Waals surface area contributed by atoms with Crippen LogP contribution in [0.2, 0.25) is 0 Å². The third-order valence-electron chi connectivity index (χ3n) is 3.29. The van der Waals surface area contributed by atoms with Crippen molar-refractivity contribution in [3.63, 3.8) is 0 Å². The summed E-state index contributed by atoms with van der Waals surface area (Å²) in [6.07, 6.45) is 0. The van der Waals surface area contributed by atoms with Gasteiger partial charge in [-0.25, -0.2) is 4.79 Å². The number of carbonyl (C=O) groups is 1. The van der Waals surface area contributed by atoms with E-state index in [1.807, 2.05) is 55.5 Å². The molecule has 2 aromatic carbocycles. The Morgan fingerprint density at radius 3 is 2.32 bits per heavy atom. The van der Waals surface area contributed by atoms with Gasteiger partial charge in [-0.3, -0.25) is 0 Å². The lowest BCUT2D eigenvalue weighted by Gasteiger charge is -2.17. The number of anilines is 1. The van der Waals surface area contributed by atoms with Crippen LogP contribution < -0.4 is 20.1 Å². The van der Waals surface area contributed by atoms with E-state index in [4.69, 9.17) is 9.47 Å². The summed E-state index contributed by atoms with van der Waals surface area (Å²) >= 11 is 0. The molecular formula is C17H20N2O3. The zero-order valence-corrected chi connectivity index (χ0v) is 12.9. The van der Waals surface area contributed by atoms with Crippen molar-refractivity contribution in [1.82, 2.24) is 5.32 Å². The van der Waals surface area contributed by atoms with E-state index in [0.29, 0.717) is 11.5 Å². The van der Waals surface area contributed by atoms with Crippen molar-refractivity contribution in [1.29, 1.82) is 0 Å². The van der Waals surface area contributed by atoms with E-state index in [2.05, 4.69) is 10.6 Å². The Hall–Kier alpha value is -2.69. The van der Waals surface area contributed by atoms with Gasteiger partial charge in [-0.15, -0.1) is 0 Å². The topological polar surface area (TPSA) is 59.6 Å². The average molecular weight is 300 g/mol. The van der Waals surface area contributed by atoms with Crippen molar-refractivity contribution in [2.75, 3.05) is 19.5 Å². The maximum Gasteiger partial charge on any atom is 0.319 e. The van der Waals surface area contributed by atoms with Gasteiger partial charge in [0.2, 0.25) is 0 Å². The lowest BCUT2D eigenvalue weighted by Crippen LogP contribution is -2.31. The second-order valence-corrected chi connectivity index (χ2v) is 4.80. The number of rotatable bonds is 5. The fourth-order valence-electron chi connectivity index (χ4n) is 2.09. The Morgan fingerprint density at radius 1 is 1.00 bits per heavy atom. The van der Waals surface area contributed by atoms with Gasteiger partial charge in [0.25, 0.3) is 0 Å². The van der Waals surface area contributed by atoms with Gasteiger partial charge in [0, 0.05) is 5.69 Å². The maximum absolute atomic E-state index is 12.0. The molecule has 5 heteroatoms. The SMILES string of the molecule is COc1ccc([C@@H](C)NC(=O)Nc2ccccc2)cc1OC. The van der Waals surface area contributed by atoms with Crippen molar-refractivity contribution in [3.8, 4) is 11.5 Å². The van der Waals surface area contributed by atoms with Crippen LogP contribution in [-0.4, -0.2) is 20.3 Å². The van der Waals surface area contributed by atoms with Crippen molar-refractivity contribution >= 4 is 11.7 Å². The lowest BCUT2D eigenvalue weighted by molar-refractivity contribution is 0.249. The summed E-state index contributed by atoms with van der Waals surface area (Å²) in [6.45, 7) is 1.91. The summed E-state index contributed by atoms with van der Waals surface area (Å²) in [7, 11) is 3.17. The van der Waals surface area contributed by atoms with Gasteiger partial charge in [0.1, 0.15) is 0 Å². The highest BCUT2D eigenvalue weighted by molar-refractivity contribution is 5.89. The normalized spacial score (nSPS) is 11.4. The molecule has 0 aliphatic carbocycles. The Balaban J connectivity index is 2.02. The molecule has 1 atom stereocenters. The molecule has 0 heterocycles. The van der Waals surface area contributed by atoms with E-state index in [1.54, 1.807) is 14.2 Å². The van der Waals surface area contributed by atoms with Gasteiger partial charge in [0.15, 0.2) is 11.5 Å². The van der Waals surface area contributed by atoms with E-state index < -0.39 is 0 Å². The molecule has 0 aliphatic heterocycles. The minimum Gasteiger partial charge on any atom is -0.493 e. The third-order valence-corrected chi connectivity index (χ3v) is 3.29. The van der Waals surface area contributed by atoms with Crippen LogP contribution in [0.4, 0.5) is 10.5 Å². The zero-order chi connectivity index (χ0) is 15.9. The molecule has 2 aromatic rings. The quantitative estimate of drug-likeness (QED) is 0.887. The predicted octanol–water partition coefficient (Wildman–Crippen LogP) is 3.59. The van der Waals surface area contributed by atoms with Gasteiger partial charge in [-0.05, 0) is 36.8 Å². The van der Waals surface area contributed by atoms with Crippen LogP contribution in [0.5, 0.6) is 11.5 Å². The molecule has 2 rings (SSSR count). The predicted molar refractivity (Wildman–Crippen MR) is 86.6 cm³/mol. The number of urea groups is 1. The van der Waals surface area contributed by atoms with E-state index in [0.717, 1.165) is 11.3 Å². The summed E-state index contributed by atoms with van der Waals surface area (Å²) < 4.78 is 10.5. The first-order valence-corrected chi connectivity index (χ1v) is 6.98.